The van der Waals surface area contributed by atoms with Crippen LogP contribution in [0, 0.1) is 12.7 Å². The van der Waals surface area contributed by atoms with Crippen LogP contribution < -0.4 is 0 Å². The van der Waals surface area contributed by atoms with E-state index in [1.54, 1.807) is 18.2 Å². The minimum Gasteiger partial charge on any atom is -0.356 e. The second kappa shape index (κ2) is 4.06. The van der Waals surface area contributed by atoms with E-state index in [4.69, 9.17) is 4.52 Å². The number of hydrogen-bond acceptors (Lipinski definition) is 3. The third-order valence-electron chi connectivity index (χ3n) is 2.29. The lowest BCUT2D eigenvalue weighted by Crippen LogP contribution is -1.85. The van der Waals surface area contributed by atoms with E-state index in [-0.39, 0.29) is 5.82 Å². The van der Waals surface area contributed by atoms with E-state index in [1.165, 1.54) is 6.07 Å². The topological polar surface area (TPSA) is 26.0 Å². The molecule has 2 rings (SSSR count). The van der Waals surface area contributed by atoms with Crippen LogP contribution in [0.15, 0.2) is 28.8 Å². The second-order valence-electron chi connectivity index (χ2n) is 3.22. The Bertz CT molecular complexity index is 481. The van der Waals surface area contributed by atoms with Gasteiger partial charge in [-0.3, -0.25) is 0 Å². The number of thiol groups is 1. The van der Waals surface area contributed by atoms with Crippen molar-refractivity contribution < 1.29 is 8.91 Å². The molecule has 0 aliphatic rings. The van der Waals surface area contributed by atoms with Crippen LogP contribution in [-0.2, 0) is 5.75 Å². The molecule has 0 amide bonds. The van der Waals surface area contributed by atoms with Crippen LogP contribution in [0.25, 0.3) is 11.3 Å². The van der Waals surface area contributed by atoms with Gasteiger partial charge in [-0.15, -0.1) is 0 Å². The van der Waals surface area contributed by atoms with Gasteiger partial charge in [-0.1, -0.05) is 17.3 Å². The molecule has 0 radical (unpaired) electrons. The fourth-order valence-corrected chi connectivity index (χ4v) is 1.71. The van der Waals surface area contributed by atoms with Gasteiger partial charge in [0.1, 0.15) is 5.82 Å². The van der Waals surface area contributed by atoms with E-state index in [1.807, 2.05) is 6.92 Å². The van der Waals surface area contributed by atoms with E-state index in [0.717, 1.165) is 11.3 Å². The maximum atomic E-state index is 13.5. The summed E-state index contributed by atoms with van der Waals surface area (Å²) in [6.45, 7) is 1.85. The molecule has 0 bridgehead atoms. The lowest BCUT2D eigenvalue weighted by molar-refractivity contribution is 0.424. The van der Waals surface area contributed by atoms with Crippen LogP contribution in [0.2, 0.25) is 0 Å². The van der Waals surface area contributed by atoms with Crippen molar-refractivity contribution in [2.75, 3.05) is 0 Å². The van der Waals surface area contributed by atoms with Crippen molar-refractivity contribution in [3.63, 3.8) is 0 Å². The van der Waals surface area contributed by atoms with Crippen LogP contribution in [0.5, 0.6) is 0 Å². The van der Waals surface area contributed by atoms with Crippen molar-refractivity contribution in [1.82, 2.24) is 5.16 Å². The van der Waals surface area contributed by atoms with E-state index >= 15 is 0 Å². The van der Waals surface area contributed by atoms with Crippen LogP contribution in [0.3, 0.4) is 0 Å². The number of rotatable bonds is 2. The SMILES string of the molecule is Cc1c(CS)noc1-c1ccccc1F. The van der Waals surface area contributed by atoms with Crippen molar-refractivity contribution in [3.05, 3.63) is 41.3 Å². The van der Waals surface area contributed by atoms with Gasteiger partial charge in [0.25, 0.3) is 0 Å². The summed E-state index contributed by atoms with van der Waals surface area (Å²) in [5.41, 5.74) is 2.03. The highest BCUT2D eigenvalue weighted by Crippen LogP contribution is 2.28. The highest BCUT2D eigenvalue weighted by molar-refractivity contribution is 7.79. The van der Waals surface area contributed by atoms with Gasteiger partial charge in [-0.2, -0.15) is 12.6 Å². The summed E-state index contributed by atoms with van der Waals surface area (Å²) >= 11 is 4.12. The predicted octanol–water partition coefficient (Wildman–Crippen LogP) is 3.22. The molecular weight excluding hydrogens is 213 g/mol. The zero-order chi connectivity index (χ0) is 10.8. The number of halogens is 1. The molecule has 1 heterocycles. The van der Waals surface area contributed by atoms with Crippen molar-refractivity contribution in [3.8, 4) is 11.3 Å². The molecule has 0 saturated carbocycles. The first-order valence-corrected chi connectivity index (χ1v) is 5.18. The lowest BCUT2D eigenvalue weighted by Gasteiger charge is -1.98. The summed E-state index contributed by atoms with van der Waals surface area (Å²) in [5.74, 6) is 0.670. The summed E-state index contributed by atoms with van der Waals surface area (Å²) in [4.78, 5) is 0. The maximum absolute atomic E-state index is 13.5. The van der Waals surface area contributed by atoms with Crippen molar-refractivity contribution in [1.29, 1.82) is 0 Å². The normalized spacial score (nSPS) is 10.6. The van der Waals surface area contributed by atoms with Gasteiger partial charge in [-0.25, -0.2) is 4.39 Å². The maximum Gasteiger partial charge on any atom is 0.172 e. The highest BCUT2D eigenvalue weighted by atomic mass is 32.1. The summed E-state index contributed by atoms with van der Waals surface area (Å²) in [6, 6.07) is 6.48. The molecule has 0 spiro atoms. The van der Waals surface area contributed by atoms with Gasteiger partial charge in [0, 0.05) is 11.3 Å². The van der Waals surface area contributed by atoms with Crippen molar-refractivity contribution >= 4 is 12.6 Å². The molecule has 0 N–H and O–H groups in total. The summed E-state index contributed by atoms with van der Waals surface area (Å²) < 4.78 is 18.6. The molecule has 0 unspecified atom stereocenters. The van der Waals surface area contributed by atoms with Crippen LogP contribution in [0.1, 0.15) is 11.3 Å². The molecule has 15 heavy (non-hydrogen) atoms. The van der Waals surface area contributed by atoms with Crippen molar-refractivity contribution in [2.45, 2.75) is 12.7 Å². The highest BCUT2D eigenvalue weighted by Gasteiger charge is 2.15. The molecule has 2 aromatic rings. The van der Waals surface area contributed by atoms with Crippen LogP contribution >= 0.6 is 12.6 Å². The third-order valence-corrected chi connectivity index (χ3v) is 2.59. The fourth-order valence-electron chi connectivity index (χ4n) is 1.41. The summed E-state index contributed by atoms with van der Waals surface area (Å²) in [6.07, 6.45) is 0. The minimum atomic E-state index is -0.303. The Kier molecular flexibility index (Phi) is 2.77. The second-order valence-corrected chi connectivity index (χ2v) is 3.54. The molecule has 2 nitrogen and oxygen atoms in total. The van der Waals surface area contributed by atoms with E-state index < -0.39 is 0 Å². The van der Waals surface area contributed by atoms with Gasteiger partial charge in [0.05, 0.1) is 11.3 Å². The Morgan fingerprint density at radius 2 is 2.13 bits per heavy atom. The van der Waals surface area contributed by atoms with Crippen LogP contribution in [0.4, 0.5) is 4.39 Å². The largest absolute Gasteiger partial charge is 0.356 e. The van der Waals surface area contributed by atoms with Gasteiger partial charge >= 0.3 is 0 Å². The van der Waals surface area contributed by atoms with Crippen LogP contribution in [-0.4, -0.2) is 5.16 Å². The number of benzene rings is 1. The summed E-state index contributed by atoms with van der Waals surface area (Å²) in [7, 11) is 0. The Hall–Kier alpha value is -1.29. The van der Waals surface area contributed by atoms with Crippen molar-refractivity contribution in [2.24, 2.45) is 0 Å². The number of aromatic nitrogens is 1. The number of hydrogen-bond donors (Lipinski definition) is 1. The van der Waals surface area contributed by atoms with E-state index in [9.17, 15) is 4.39 Å². The first-order chi connectivity index (χ1) is 7.24. The smallest absolute Gasteiger partial charge is 0.172 e. The molecule has 0 aliphatic carbocycles. The molecule has 1 aromatic heterocycles. The summed E-state index contributed by atoms with van der Waals surface area (Å²) in [5, 5.41) is 3.83. The predicted molar refractivity (Wildman–Crippen MR) is 59.3 cm³/mol. The average molecular weight is 223 g/mol. The molecule has 4 heteroatoms. The average Bonchev–Trinajstić information content (AvgIpc) is 2.60. The molecule has 0 atom stereocenters. The van der Waals surface area contributed by atoms with E-state index in [0.29, 0.717) is 17.1 Å². The first kappa shape index (κ1) is 10.2. The zero-order valence-corrected chi connectivity index (χ0v) is 9.09. The molecule has 0 saturated heterocycles. The standard InChI is InChI=1S/C11H10FNOS/c1-7-10(6-15)13-14-11(7)8-4-2-3-5-9(8)12/h2-5,15H,6H2,1H3. The molecular formula is C11H10FNOS. The van der Waals surface area contributed by atoms with Gasteiger partial charge in [0.15, 0.2) is 5.76 Å². The van der Waals surface area contributed by atoms with Gasteiger partial charge in [0.2, 0.25) is 0 Å². The fraction of sp³-hybridized carbons (Fsp3) is 0.182. The molecule has 0 aliphatic heterocycles. The van der Waals surface area contributed by atoms with E-state index in [2.05, 4.69) is 17.8 Å². The minimum absolute atomic E-state index is 0.303. The third kappa shape index (κ3) is 1.77. The van der Waals surface area contributed by atoms with Gasteiger partial charge in [-0.05, 0) is 19.1 Å². The molecule has 78 valence electrons. The Morgan fingerprint density at radius 1 is 1.40 bits per heavy atom. The number of nitrogens with zero attached hydrogens (tertiary/aromatic N) is 1. The molecule has 0 fully saturated rings. The zero-order valence-electron chi connectivity index (χ0n) is 8.20. The first-order valence-electron chi connectivity index (χ1n) is 4.55. The lowest BCUT2D eigenvalue weighted by atomic mass is 10.1. The van der Waals surface area contributed by atoms with Gasteiger partial charge < -0.3 is 4.52 Å². The Balaban J connectivity index is 2.55. The Morgan fingerprint density at radius 3 is 2.73 bits per heavy atom. The monoisotopic (exact) mass is 223 g/mol. The quantitative estimate of drug-likeness (QED) is 0.791. The Labute approximate surface area is 92.5 Å². The molecule has 1 aromatic carbocycles.